The predicted molar refractivity (Wildman–Crippen MR) is 94.6 cm³/mol. The molecule has 0 unspecified atom stereocenters. The smallest absolute Gasteiger partial charge is 0.149 e. The molecule has 0 fully saturated rings. The van der Waals surface area contributed by atoms with E-state index in [0.717, 1.165) is 24.5 Å². The quantitative estimate of drug-likeness (QED) is 0.750. The van der Waals surface area contributed by atoms with E-state index in [-0.39, 0.29) is 5.82 Å². The maximum atomic E-state index is 13.8. The molecule has 0 spiro atoms. The Morgan fingerprint density at radius 1 is 1.04 bits per heavy atom. The predicted octanol–water partition coefficient (Wildman–Crippen LogP) is 3.62. The average molecular weight is 325 g/mol. The van der Waals surface area contributed by atoms with Gasteiger partial charge in [0, 0.05) is 31.2 Å². The number of para-hydroxylation sites is 1. The minimum Gasteiger partial charge on any atom is -0.365 e. The molecule has 1 aromatic carbocycles. The first kappa shape index (κ1) is 16.1. The number of aromatic nitrogens is 3. The molecule has 0 saturated carbocycles. The molecule has 0 amide bonds. The van der Waals surface area contributed by atoms with Crippen molar-refractivity contribution in [2.75, 3.05) is 23.3 Å². The Labute approximate surface area is 140 Å². The topological polar surface area (TPSA) is 53.9 Å². The highest BCUT2D eigenvalue weighted by atomic mass is 19.1. The molecular formula is C18H20FN5. The van der Waals surface area contributed by atoms with E-state index in [9.17, 15) is 4.39 Å². The van der Waals surface area contributed by atoms with Crippen LogP contribution in [0.5, 0.6) is 0 Å². The molecule has 3 rings (SSSR count). The third kappa shape index (κ3) is 3.27. The fourth-order valence-corrected chi connectivity index (χ4v) is 2.63. The fourth-order valence-electron chi connectivity index (χ4n) is 2.63. The van der Waals surface area contributed by atoms with Gasteiger partial charge in [-0.05, 0) is 37.6 Å². The highest BCUT2D eigenvalue weighted by molar-refractivity contribution is 5.89. The molecule has 0 bridgehead atoms. The van der Waals surface area contributed by atoms with E-state index in [1.54, 1.807) is 6.07 Å². The molecule has 24 heavy (non-hydrogen) atoms. The van der Waals surface area contributed by atoms with Crippen LogP contribution in [0.2, 0.25) is 0 Å². The molecule has 1 N–H and O–H groups in total. The third-order valence-corrected chi connectivity index (χ3v) is 3.97. The Bertz CT molecular complexity index is 815. The molecule has 0 atom stereocenters. The molecule has 124 valence electrons. The van der Waals surface area contributed by atoms with Crippen molar-refractivity contribution in [3.63, 3.8) is 0 Å². The van der Waals surface area contributed by atoms with Crippen LogP contribution < -0.4 is 10.2 Å². The van der Waals surface area contributed by atoms with Gasteiger partial charge in [-0.15, -0.1) is 0 Å². The first-order valence-corrected chi connectivity index (χ1v) is 8.06. The number of anilines is 2. The lowest BCUT2D eigenvalue weighted by molar-refractivity contribution is 0.636. The van der Waals surface area contributed by atoms with Crippen molar-refractivity contribution in [3.8, 4) is 0 Å². The van der Waals surface area contributed by atoms with Crippen molar-refractivity contribution in [3.05, 3.63) is 54.2 Å². The Morgan fingerprint density at radius 3 is 2.58 bits per heavy atom. The van der Waals surface area contributed by atoms with Gasteiger partial charge in [0.2, 0.25) is 0 Å². The molecule has 5 nitrogen and oxygen atoms in total. The largest absolute Gasteiger partial charge is 0.365 e. The zero-order chi connectivity index (χ0) is 16.9. The lowest BCUT2D eigenvalue weighted by Crippen LogP contribution is -2.22. The van der Waals surface area contributed by atoms with Crippen molar-refractivity contribution in [2.24, 2.45) is 0 Å². The molecule has 2 heterocycles. The first-order chi connectivity index (χ1) is 11.7. The van der Waals surface area contributed by atoms with Crippen molar-refractivity contribution in [1.29, 1.82) is 0 Å². The highest BCUT2D eigenvalue weighted by Gasteiger charge is 2.07. The third-order valence-electron chi connectivity index (χ3n) is 3.97. The minimum atomic E-state index is -0.344. The number of nitrogens with one attached hydrogen (secondary N) is 1. The second-order valence-corrected chi connectivity index (χ2v) is 5.41. The summed E-state index contributed by atoms with van der Waals surface area (Å²) in [5, 5.41) is 3.91. The van der Waals surface area contributed by atoms with Crippen molar-refractivity contribution >= 4 is 22.5 Å². The van der Waals surface area contributed by atoms with Gasteiger partial charge in [-0.25, -0.2) is 19.3 Å². The molecule has 3 aromatic rings. The van der Waals surface area contributed by atoms with Gasteiger partial charge in [0.25, 0.3) is 0 Å². The van der Waals surface area contributed by atoms with Crippen LogP contribution in [0.25, 0.3) is 10.9 Å². The van der Waals surface area contributed by atoms with Crippen LogP contribution in [0, 0.1) is 5.82 Å². The molecule has 6 heteroatoms. The number of hydrogen-bond donors (Lipinski definition) is 1. The molecule has 2 aromatic heterocycles. The highest BCUT2D eigenvalue weighted by Crippen LogP contribution is 2.21. The molecule has 0 saturated heterocycles. The minimum absolute atomic E-state index is 0.324. The summed E-state index contributed by atoms with van der Waals surface area (Å²) >= 11 is 0. The number of pyridine rings is 1. The van der Waals surface area contributed by atoms with Crippen molar-refractivity contribution in [2.45, 2.75) is 20.4 Å². The van der Waals surface area contributed by atoms with Gasteiger partial charge in [0.1, 0.15) is 29.3 Å². The van der Waals surface area contributed by atoms with Crippen LogP contribution in [0.1, 0.15) is 19.4 Å². The maximum Gasteiger partial charge on any atom is 0.149 e. The lowest BCUT2D eigenvalue weighted by Gasteiger charge is -2.19. The molecule has 0 aliphatic rings. The monoisotopic (exact) mass is 325 g/mol. The molecule has 0 radical (unpaired) electrons. The Kier molecular flexibility index (Phi) is 4.84. The number of halogens is 1. The second-order valence-electron chi connectivity index (χ2n) is 5.41. The second kappa shape index (κ2) is 7.21. The summed E-state index contributed by atoms with van der Waals surface area (Å²) in [7, 11) is 0. The summed E-state index contributed by atoms with van der Waals surface area (Å²) in [4.78, 5) is 14.9. The average Bonchev–Trinajstić information content (AvgIpc) is 2.62. The first-order valence-electron chi connectivity index (χ1n) is 8.06. The van der Waals surface area contributed by atoms with E-state index >= 15 is 0 Å². The molecule has 0 aliphatic carbocycles. The van der Waals surface area contributed by atoms with Gasteiger partial charge < -0.3 is 10.2 Å². The summed E-state index contributed by atoms with van der Waals surface area (Å²) in [6, 6.07) is 8.92. The van der Waals surface area contributed by atoms with Gasteiger partial charge in [-0.1, -0.05) is 12.1 Å². The van der Waals surface area contributed by atoms with E-state index < -0.39 is 0 Å². The SMILES string of the molecule is CCN(CC)c1ccc(CNc2ncnc3c(F)cccc23)cn1. The van der Waals surface area contributed by atoms with Crippen LogP contribution in [0.4, 0.5) is 16.0 Å². The summed E-state index contributed by atoms with van der Waals surface area (Å²) in [6.07, 6.45) is 3.22. The van der Waals surface area contributed by atoms with Crippen LogP contribution in [0.15, 0.2) is 42.9 Å². The van der Waals surface area contributed by atoms with Gasteiger partial charge in [0.15, 0.2) is 0 Å². The Hall–Kier alpha value is -2.76. The number of fused-ring (bicyclic) bond motifs is 1. The number of nitrogens with zero attached hydrogens (tertiary/aromatic N) is 4. The van der Waals surface area contributed by atoms with Gasteiger partial charge in [-0.3, -0.25) is 0 Å². The van der Waals surface area contributed by atoms with E-state index in [2.05, 4.69) is 39.0 Å². The van der Waals surface area contributed by atoms with E-state index in [1.807, 2.05) is 24.4 Å². The Morgan fingerprint density at radius 2 is 1.88 bits per heavy atom. The van der Waals surface area contributed by atoms with Crippen LogP contribution in [0.3, 0.4) is 0 Å². The van der Waals surface area contributed by atoms with Crippen LogP contribution >= 0.6 is 0 Å². The number of benzene rings is 1. The summed E-state index contributed by atoms with van der Waals surface area (Å²) in [5.74, 6) is 1.24. The zero-order valence-corrected chi connectivity index (χ0v) is 13.8. The van der Waals surface area contributed by atoms with E-state index in [1.165, 1.54) is 12.4 Å². The van der Waals surface area contributed by atoms with Crippen LogP contribution in [-0.2, 0) is 6.54 Å². The van der Waals surface area contributed by atoms with Gasteiger partial charge in [-0.2, -0.15) is 0 Å². The van der Waals surface area contributed by atoms with E-state index in [0.29, 0.717) is 23.3 Å². The van der Waals surface area contributed by atoms with Gasteiger partial charge >= 0.3 is 0 Å². The van der Waals surface area contributed by atoms with E-state index in [4.69, 9.17) is 0 Å². The standard InChI is InChI=1S/C18H20FN5/c1-3-24(4-2)16-9-8-13(10-20-16)11-21-18-14-6-5-7-15(19)17(14)22-12-23-18/h5-10,12H,3-4,11H2,1-2H3,(H,21,22,23). The number of hydrogen-bond acceptors (Lipinski definition) is 5. The zero-order valence-electron chi connectivity index (χ0n) is 13.8. The number of rotatable bonds is 6. The van der Waals surface area contributed by atoms with Crippen molar-refractivity contribution in [1.82, 2.24) is 15.0 Å². The van der Waals surface area contributed by atoms with Crippen LogP contribution in [-0.4, -0.2) is 28.0 Å². The molecular weight excluding hydrogens is 305 g/mol. The normalized spacial score (nSPS) is 10.8. The summed E-state index contributed by atoms with van der Waals surface area (Å²) < 4.78 is 13.8. The summed E-state index contributed by atoms with van der Waals surface area (Å²) in [5.41, 5.74) is 1.36. The Balaban J connectivity index is 1.76. The maximum absolute atomic E-state index is 13.8. The lowest BCUT2D eigenvalue weighted by atomic mass is 10.2. The molecule has 0 aliphatic heterocycles. The van der Waals surface area contributed by atoms with Crippen molar-refractivity contribution < 1.29 is 4.39 Å². The summed E-state index contributed by atoms with van der Waals surface area (Å²) in [6.45, 7) is 6.65. The fraction of sp³-hybridized carbons (Fsp3) is 0.278. The van der Waals surface area contributed by atoms with Gasteiger partial charge in [0.05, 0.1) is 0 Å².